The van der Waals surface area contributed by atoms with E-state index >= 15 is 0 Å². The molecule has 0 heterocycles. The highest BCUT2D eigenvalue weighted by Crippen LogP contribution is 2.23. The number of hydrogen-bond acceptors (Lipinski definition) is 5. The minimum atomic E-state index is 0.0469. The van der Waals surface area contributed by atoms with Gasteiger partial charge in [-0.3, -0.25) is 5.43 Å². The van der Waals surface area contributed by atoms with E-state index in [0.29, 0.717) is 11.3 Å². The maximum Gasteiger partial charge on any atom is 0.184 e. The van der Waals surface area contributed by atoms with Gasteiger partial charge in [0.05, 0.1) is 17.6 Å². The van der Waals surface area contributed by atoms with Crippen LogP contribution in [0.25, 0.3) is 0 Å². The average molecular weight is 299 g/mol. The van der Waals surface area contributed by atoms with Crippen molar-refractivity contribution in [3.63, 3.8) is 0 Å². The number of thiocarbonyl (C=S) groups is 1. The van der Waals surface area contributed by atoms with Gasteiger partial charge < -0.3 is 10.8 Å². The summed E-state index contributed by atoms with van der Waals surface area (Å²) in [4.78, 5) is 0. The highest BCUT2D eigenvalue weighted by molar-refractivity contribution is 7.80. The van der Waals surface area contributed by atoms with Gasteiger partial charge in [0.2, 0.25) is 0 Å². The van der Waals surface area contributed by atoms with E-state index in [1.807, 2.05) is 30.3 Å². The molecule has 0 aromatic heterocycles. The number of hydrogen-bond donors (Lipinski definition) is 3. The number of benzene rings is 2. The third-order valence-electron chi connectivity index (χ3n) is 2.43. The number of phenolic OH excluding ortho intramolecular Hbond substituents is 1. The first-order valence-electron chi connectivity index (χ1n) is 6.03. The Morgan fingerprint density at radius 1 is 1.10 bits per heavy atom. The molecule has 0 saturated heterocycles. The Kier molecular flexibility index (Phi) is 4.94. The fraction of sp³-hybridized carbons (Fsp3) is 0. The van der Waals surface area contributed by atoms with Crippen LogP contribution in [-0.4, -0.2) is 16.4 Å². The third kappa shape index (κ3) is 4.66. The molecule has 21 heavy (non-hydrogen) atoms. The Labute approximate surface area is 127 Å². The molecule has 0 aliphatic heterocycles. The first kappa shape index (κ1) is 14.6. The van der Waals surface area contributed by atoms with Crippen molar-refractivity contribution in [2.24, 2.45) is 21.1 Å². The normalized spacial score (nSPS) is 11.0. The quantitative estimate of drug-likeness (QED) is 0.350. The van der Waals surface area contributed by atoms with Crippen LogP contribution >= 0.6 is 12.2 Å². The van der Waals surface area contributed by atoms with Gasteiger partial charge in [0, 0.05) is 5.56 Å². The molecule has 0 aliphatic rings. The highest BCUT2D eigenvalue weighted by Gasteiger charge is 2.00. The standard InChI is InChI=1S/C14H13N5OS/c15-14(21)19-16-9-10-8-12(6-7-13(10)20)18-17-11-4-2-1-3-5-11/h1-9,20H,(H3,15,19,21)/b16-9+,18-17?. The van der Waals surface area contributed by atoms with E-state index in [-0.39, 0.29) is 10.9 Å². The van der Waals surface area contributed by atoms with Crippen LogP contribution in [0.5, 0.6) is 5.75 Å². The molecular formula is C14H13N5OS. The van der Waals surface area contributed by atoms with Crippen LogP contribution in [0, 0.1) is 0 Å². The lowest BCUT2D eigenvalue weighted by molar-refractivity contribution is 0.474. The number of nitrogens with two attached hydrogens (primary N) is 1. The van der Waals surface area contributed by atoms with Crippen LogP contribution in [0.2, 0.25) is 0 Å². The number of nitrogens with one attached hydrogen (secondary N) is 1. The molecule has 2 aromatic rings. The fourth-order valence-corrected chi connectivity index (χ4v) is 1.54. The van der Waals surface area contributed by atoms with Gasteiger partial charge in [0.1, 0.15) is 5.75 Å². The van der Waals surface area contributed by atoms with Crippen molar-refractivity contribution >= 4 is 34.9 Å². The van der Waals surface area contributed by atoms with E-state index in [1.54, 1.807) is 12.1 Å². The predicted molar refractivity (Wildman–Crippen MR) is 86.2 cm³/mol. The van der Waals surface area contributed by atoms with E-state index in [0.717, 1.165) is 5.69 Å². The molecule has 0 radical (unpaired) electrons. The number of aromatic hydroxyl groups is 1. The molecule has 0 aliphatic carbocycles. The van der Waals surface area contributed by atoms with Gasteiger partial charge >= 0.3 is 0 Å². The van der Waals surface area contributed by atoms with Crippen LogP contribution in [-0.2, 0) is 0 Å². The van der Waals surface area contributed by atoms with Crippen LogP contribution < -0.4 is 11.2 Å². The minimum absolute atomic E-state index is 0.0469. The number of nitrogens with zero attached hydrogens (tertiary/aromatic N) is 3. The van der Waals surface area contributed by atoms with Gasteiger partial charge in [-0.15, -0.1) is 0 Å². The van der Waals surface area contributed by atoms with Crippen LogP contribution in [0.3, 0.4) is 0 Å². The zero-order valence-corrected chi connectivity index (χ0v) is 11.8. The van der Waals surface area contributed by atoms with Gasteiger partial charge in [0.25, 0.3) is 0 Å². The molecule has 0 amide bonds. The highest BCUT2D eigenvalue weighted by atomic mass is 32.1. The van der Waals surface area contributed by atoms with Crippen molar-refractivity contribution in [2.75, 3.05) is 0 Å². The summed E-state index contributed by atoms with van der Waals surface area (Å²) in [5.74, 6) is 0.0714. The maximum absolute atomic E-state index is 9.73. The molecule has 0 spiro atoms. The minimum Gasteiger partial charge on any atom is -0.507 e. The van der Waals surface area contributed by atoms with Crippen LogP contribution in [0.15, 0.2) is 63.9 Å². The second-order valence-corrected chi connectivity index (χ2v) is 4.45. The van der Waals surface area contributed by atoms with Crippen LogP contribution in [0.1, 0.15) is 5.56 Å². The Morgan fingerprint density at radius 2 is 1.81 bits per heavy atom. The Bertz CT molecular complexity index is 685. The van der Waals surface area contributed by atoms with Gasteiger partial charge in [-0.25, -0.2) is 0 Å². The molecule has 6 nitrogen and oxygen atoms in total. The summed E-state index contributed by atoms with van der Waals surface area (Å²) in [6.07, 6.45) is 1.40. The van der Waals surface area contributed by atoms with Crippen molar-refractivity contribution < 1.29 is 5.11 Å². The summed E-state index contributed by atoms with van der Waals surface area (Å²) in [5.41, 5.74) is 9.47. The van der Waals surface area contributed by atoms with E-state index in [2.05, 4.69) is 33.0 Å². The van der Waals surface area contributed by atoms with Gasteiger partial charge in [-0.1, -0.05) is 18.2 Å². The predicted octanol–water partition coefficient (Wildman–Crippen LogP) is 2.97. The number of azo groups is 1. The number of hydrazone groups is 1. The first-order chi connectivity index (χ1) is 10.1. The number of phenols is 1. The molecule has 0 bridgehead atoms. The second-order valence-electron chi connectivity index (χ2n) is 4.01. The molecule has 106 valence electrons. The van der Waals surface area contributed by atoms with Gasteiger partial charge in [-0.2, -0.15) is 15.3 Å². The summed E-state index contributed by atoms with van der Waals surface area (Å²) < 4.78 is 0. The lowest BCUT2D eigenvalue weighted by atomic mass is 10.2. The Hall–Kier alpha value is -2.80. The molecule has 7 heteroatoms. The Morgan fingerprint density at radius 3 is 2.52 bits per heavy atom. The number of rotatable bonds is 4. The average Bonchev–Trinajstić information content (AvgIpc) is 2.48. The van der Waals surface area contributed by atoms with Crippen molar-refractivity contribution in [2.45, 2.75) is 0 Å². The molecule has 2 aromatic carbocycles. The van der Waals surface area contributed by atoms with E-state index < -0.39 is 0 Å². The SMILES string of the molecule is NC(=S)N/N=C/c1cc(N=Nc2ccccc2)ccc1O. The lowest BCUT2D eigenvalue weighted by Crippen LogP contribution is -2.23. The molecular weight excluding hydrogens is 286 g/mol. The lowest BCUT2D eigenvalue weighted by Gasteiger charge is -2.00. The second kappa shape index (κ2) is 7.11. The smallest absolute Gasteiger partial charge is 0.184 e. The summed E-state index contributed by atoms with van der Waals surface area (Å²) >= 11 is 4.62. The zero-order valence-electron chi connectivity index (χ0n) is 11.0. The van der Waals surface area contributed by atoms with Gasteiger partial charge in [-0.05, 0) is 42.5 Å². The summed E-state index contributed by atoms with van der Waals surface area (Å²) in [6.45, 7) is 0. The van der Waals surface area contributed by atoms with E-state index in [1.165, 1.54) is 12.3 Å². The molecule has 0 fully saturated rings. The fourth-order valence-electron chi connectivity index (χ4n) is 1.48. The molecule has 4 N–H and O–H groups in total. The van der Waals surface area contributed by atoms with Gasteiger partial charge in [0.15, 0.2) is 5.11 Å². The van der Waals surface area contributed by atoms with Crippen molar-refractivity contribution in [1.29, 1.82) is 0 Å². The zero-order chi connectivity index (χ0) is 15.1. The third-order valence-corrected chi connectivity index (χ3v) is 2.52. The molecule has 0 atom stereocenters. The molecule has 0 saturated carbocycles. The first-order valence-corrected chi connectivity index (χ1v) is 6.44. The summed E-state index contributed by atoms with van der Waals surface area (Å²) in [5, 5.41) is 21.8. The maximum atomic E-state index is 9.73. The van der Waals surface area contributed by atoms with Crippen molar-refractivity contribution in [1.82, 2.24) is 5.43 Å². The van der Waals surface area contributed by atoms with E-state index in [9.17, 15) is 5.11 Å². The molecule has 2 rings (SSSR count). The summed E-state index contributed by atoms with van der Waals surface area (Å²) in [6, 6.07) is 14.2. The largest absolute Gasteiger partial charge is 0.507 e. The topological polar surface area (TPSA) is 95.4 Å². The van der Waals surface area contributed by atoms with E-state index in [4.69, 9.17) is 5.73 Å². The summed E-state index contributed by atoms with van der Waals surface area (Å²) in [7, 11) is 0. The Balaban J connectivity index is 2.16. The monoisotopic (exact) mass is 299 g/mol. The van der Waals surface area contributed by atoms with Crippen LogP contribution in [0.4, 0.5) is 11.4 Å². The molecule has 0 unspecified atom stereocenters. The van der Waals surface area contributed by atoms with Crippen molar-refractivity contribution in [3.8, 4) is 5.75 Å². The van der Waals surface area contributed by atoms with Crippen molar-refractivity contribution in [3.05, 3.63) is 54.1 Å².